The molecule has 0 fully saturated rings. The molecule has 0 aliphatic carbocycles. The molecule has 0 saturated carbocycles. The van der Waals surface area contributed by atoms with Crippen molar-refractivity contribution in [3.8, 4) is 11.5 Å². The van der Waals surface area contributed by atoms with Gasteiger partial charge >= 0.3 is 0 Å². The van der Waals surface area contributed by atoms with Crippen molar-refractivity contribution in [1.82, 2.24) is 0 Å². The van der Waals surface area contributed by atoms with Crippen LogP contribution in [0, 0.1) is 0 Å². The van der Waals surface area contributed by atoms with Gasteiger partial charge in [-0.15, -0.1) is 37.2 Å². The molecule has 0 heterocycles. The number of phenols is 2. The SMILES string of the molecule is Cl.Cl.Cl.Oc1ccccc1.Oc1ccccc1.[Ti].[Ti]. The molecule has 0 radical (unpaired) electrons. The second-order valence-corrected chi connectivity index (χ2v) is 2.67. The van der Waals surface area contributed by atoms with Gasteiger partial charge in [-0.3, -0.25) is 0 Å². The summed E-state index contributed by atoms with van der Waals surface area (Å²) in [6.45, 7) is 0. The van der Waals surface area contributed by atoms with E-state index in [4.69, 9.17) is 10.2 Å². The van der Waals surface area contributed by atoms with Gasteiger partial charge in [-0.05, 0) is 24.3 Å². The summed E-state index contributed by atoms with van der Waals surface area (Å²) in [7, 11) is 0. The van der Waals surface area contributed by atoms with E-state index in [1.54, 1.807) is 48.5 Å². The van der Waals surface area contributed by atoms with Crippen molar-refractivity contribution in [2.75, 3.05) is 0 Å². The fraction of sp³-hybridized carbons (Fsp3) is 0. The molecule has 2 nitrogen and oxygen atoms in total. The minimum atomic E-state index is 0. The van der Waals surface area contributed by atoms with E-state index in [0.717, 1.165) is 0 Å². The third-order valence-corrected chi connectivity index (χ3v) is 1.51. The third-order valence-electron chi connectivity index (χ3n) is 1.51. The van der Waals surface area contributed by atoms with E-state index < -0.39 is 0 Å². The van der Waals surface area contributed by atoms with Crippen molar-refractivity contribution in [3.63, 3.8) is 0 Å². The monoisotopic (exact) mass is 392 g/mol. The Kier molecular flexibility index (Phi) is 34.4. The first-order chi connectivity index (χ1) is 6.79. The van der Waals surface area contributed by atoms with Gasteiger partial charge in [0, 0.05) is 43.4 Å². The largest absolute Gasteiger partial charge is 0.508 e. The Hall–Kier alpha value is 0.339. The van der Waals surface area contributed by atoms with Crippen LogP contribution >= 0.6 is 37.2 Å². The molecule has 2 aromatic carbocycles. The van der Waals surface area contributed by atoms with E-state index in [0.29, 0.717) is 11.5 Å². The van der Waals surface area contributed by atoms with Crippen LogP contribution in [-0.4, -0.2) is 10.2 Å². The van der Waals surface area contributed by atoms with E-state index in [2.05, 4.69) is 0 Å². The zero-order chi connectivity index (χ0) is 10.2. The summed E-state index contributed by atoms with van der Waals surface area (Å²) in [5, 5.41) is 17.3. The number of phenolic OH excluding ortho intramolecular Hbond substituents is 2. The van der Waals surface area contributed by atoms with Crippen LogP contribution in [-0.2, 0) is 43.4 Å². The van der Waals surface area contributed by atoms with Gasteiger partial charge in [0.05, 0.1) is 0 Å². The maximum Gasteiger partial charge on any atom is 0.115 e. The molecule has 7 heteroatoms. The van der Waals surface area contributed by atoms with Gasteiger partial charge in [0.1, 0.15) is 11.5 Å². The molecular weight excluding hydrogens is 378 g/mol. The molecule has 2 N–H and O–H groups in total. The predicted octanol–water partition coefficient (Wildman–Crippen LogP) is 4.04. The molecular formula is C12H15Cl3O2Ti2. The quantitative estimate of drug-likeness (QED) is 0.664. The third kappa shape index (κ3) is 18.3. The van der Waals surface area contributed by atoms with Crippen LogP contribution < -0.4 is 0 Å². The molecule has 0 unspecified atom stereocenters. The van der Waals surface area contributed by atoms with Crippen molar-refractivity contribution >= 4 is 37.2 Å². The topological polar surface area (TPSA) is 40.5 Å². The molecule has 0 bridgehead atoms. The molecule has 0 saturated heterocycles. The molecule has 0 aromatic heterocycles. The Morgan fingerprint density at radius 1 is 0.474 bits per heavy atom. The molecule has 104 valence electrons. The van der Waals surface area contributed by atoms with Gasteiger partial charge in [-0.2, -0.15) is 0 Å². The summed E-state index contributed by atoms with van der Waals surface area (Å²) in [5.74, 6) is 0.644. The van der Waals surface area contributed by atoms with Crippen molar-refractivity contribution in [2.24, 2.45) is 0 Å². The summed E-state index contributed by atoms with van der Waals surface area (Å²) >= 11 is 0. The molecule has 2 aromatic rings. The molecule has 0 amide bonds. The molecule has 2 rings (SSSR count). The Labute approximate surface area is 162 Å². The van der Waals surface area contributed by atoms with E-state index in [1.165, 1.54) is 0 Å². The maximum atomic E-state index is 8.63. The van der Waals surface area contributed by atoms with E-state index in [9.17, 15) is 0 Å². The zero-order valence-corrected chi connectivity index (χ0v) is 15.5. The maximum absolute atomic E-state index is 8.63. The van der Waals surface area contributed by atoms with Crippen molar-refractivity contribution in [3.05, 3.63) is 60.7 Å². The zero-order valence-electron chi connectivity index (χ0n) is 9.89. The first kappa shape index (κ1) is 31.6. The number of benzene rings is 2. The number of aromatic hydroxyl groups is 2. The van der Waals surface area contributed by atoms with Crippen molar-refractivity contribution in [1.29, 1.82) is 0 Å². The molecule has 19 heavy (non-hydrogen) atoms. The normalized spacial score (nSPS) is 6.32. The molecule has 0 spiro atoms. The molecule has 0 aliphatic heterocycles. The van der Waals surface area contributed by atoms with Gasteiger partial charge in [-0.1, -0.05) is 36.4 Å². The summed E-state index contributed by atoms with van der Waals surface area (Å²) in [6.07, 6.45) is 0. The van der Waals surface area contributed by atoms with E-state index in [-0.39, 0.29) is 80.7 Å². The van der Waals surface area contributed by atoms with Gasteiger partial charge in [0.15, 0.2) is 0 Å². The van der Waals surface area contributed by atoms with Crippen LogP contribution in [0.3, 0.4) is 0 Å². The van der Waals surface area contributed by atoms with Crippen LogP contribution in [0.25, 0.3) is 0 Å². The van der Waals surface area contributed by atoms with E-state index in [1.807, 2.05) is 12.1 Å². The second-order valence-electron chi connectivity index (χ2n) is 2.67. The van der Waals surface area contributed by atoms with Gasteiger partial charge in [0.2, 0.25) is 0 Å². The van der Waals surface area contributed by atoms with Crippen molar-refractivity contribution < 1.29 is 53.6 Å². The van der Waals surface area contributed by atoms with Crippen LogP contribution in [0.5, 0.6) is 11.5 Å². The van der Waals surface area contributed by atoms with Crippen molar-refractivity contribution in [2.45, 2.75) is 0 Å². The standard InChI is InChI=1S/2C6H6O.3ClH.2Ti/c2*7-6-4-2-1-3-5-6;;;;;/h2*1-5,7H;3*1H;;. The first-order valence-corrected chi connectivity index (χ1v) is 4.27. The summed E-state index contributed by atoms with van der Waals surface area (Å²) in [4.78, 5) is 0. The number of para-hydroxylation sites is 2. The van der Waals surface area contributed by atoms with Gasteiger partial charge in [0.25, 0.3) is 0 Å². The Bertz CT molecular complexity index is 326. The van der Waals surface area contributed by atoms with Gasteiger partial charge < -0.3 is 10.2 Å². The fourth-order valence-electron chi connectivity index (χ4n) is 0.856. The molecule has 0 aliphatic rings. The summed E-state index contributed by atoms with van der Waals surface area (Å²) < 4.78 is 0. The minimum absolute atomic E-state index is 0. The average molecular weight is 393 g/mol. The predicted molar refractivity (Wildman–Crippen MR) is 78.0 cm³/mol. The Morgan fingerprint density at radius 3 is 0.789 bits per heavy atom. The number of hydrogen-bond acceptors (Lipinski definition) is 2. The van der Waals surface area contributed by atoms with Crippen LogP contribution in [0.15, 0.2) is 60.7 Å². The van der Waals surface area contributed by atoms with Crippen LogP contribution in [0.4, 0.5) is 0 Å². The van der Waals surface area contributed by atoms with Crippen LogP contribution in [0.2, 0.25) is 0 Å². The first-order valence-electron chi connectivity index (χ1n) is 4.27. The Balaban J connectivity index is -0.0000000544. The number of hydrogen-bond donors (Lipinski definition) is 2. The minimum Gasteiger partial charge on any atom is -0.508 e. The summed E-state index contributed by atoms with van der Waals surface area (Å²) in [5.41, 5.74) is 0. The average Bonchev–Trinajstić information content (AvgIpc) is 2.21. The number of rotatable bonds is 0. The van der Waals surface area contributed by atoms with Crippen LogP contribution in [0.1, 0.15) is 0 Å². The number of halogens is 3. The van der Waals surface area contributed by atoms with Gasteiger partial charge in [-0.25, -0.2) is 0 Å². The fourth-order valence-corrected chi connectivity index (χ4v) is 0.856. The smallest absolute Gasteiger partial charge is 0.115 e. The van der Waals surface area contributed by atoms with E-state index >= 15 is 0 Å². The second kappa shape index (κ2) is 20.7. The molecule has 0 atom stereocenters. The Morgan fingerprint density at radius 2 is 0.684 bits per heavy atom. The summed E-state index contributed by atoms with van der Waals surface area (Å²) in [6, 6.07) is 17.4.